The van der Waals surface area contributed by atoms with Gasteiger partial charge in [-0.15, -0.1) is 10.2 Å². The Kier molecular flexibility index (Phi) is 10.8. The highest BCUT2D eigenvalue weighted by Crippen LogP contribution is 2.39. The molecule has 20 heteroatoms. The maximum Gasteiger partial charge on any atom is 0.326 e. The third-order valence-electron chi connectivity index (χ3n) is 8.76. The molecule has 16 nitrogen and oxygen atoms in total. The summed E-state index contributed by atoms with van der Waals surface area (Å²) in [7, 11) is 0. The van der Waals surface area contributed by atoms with E-state index in [1.807, 2.05) is 6.07 Å². The summed E-state index contributed by atoms with van der Waals surface area (Å²) in [6, 6.07) is 11.9. The van der Waals surface area contributed by atoms with Crippen LogP contribution in [0.25, 0.3) is 33.6 Å². The normalized spacial score (nSPS) is 15.5. The highest BCUT2D eigenvalue weighted by Gasteiger charge is 2.33. The van der Waals surface area contributed by atoms with E-state index in [9.17, 15) is 29.4 Å². The van der Waals surface area contributed by atoms with Gasteiger partial charge in [-0.2, -0.15) is 9.36 Å². The van der Waals surface area contributed by atoms with Crippen LogP contribution < -0.4 is 11.1 Å². The Morgan fingerprint density at radius 3 is 1.72 bits per heavy atom. The number of carbonyl (C=O) groups is 2. The van der Waals surface area contributed by atoms with Crippen molar-refractivity contribution in [1.82, 2.24) is 49.5 Å². The van der Waals surface area contributed by atoms with Crippen LogP contribution in [0.1, 0.15) is 43.7 Å². The molecule has 8 rings (SSSR count). The fourth-order valence-electron chi connectivity index (χ4n) is 6.47. The van der Waals surface area contributed by atoms with E-state index in [1.54, 1.807) is 36.4 Å². The van der Waals surface area contributed by atoms with Crippen molar-refractivity contribution in [1.29, 1.82) is 0 Å². The topological polar surface area (TPSA) is 206 Å². The van der Waals surface area contributed by atoms with Gasteiger partial charge >= 0.3 is 11.9 Å². The molecule has 0 unspecified atom stereocenters. The molecule has 0 spiro atoms. The molecule has 2 aromatic carbocycles. The van der Waals surface area contributed by atoms with Gasteiger partial charge in [0.15, 0.2) is 0 Å². The number of fused-ring (bicyclic) bond motifs is 2. The van der Waals surface area contributed by atoms with Gasteiger partial charge in [-0.1, -0.05) is 30.6 Å². The molecule has 4 aromatic heterocycles. The second-order valence-corrected chi connectivity index (χ2v) is 14.1. The Bertz CT molecular complexity index is 2410. The van der Waals surface area contributed by atoms with E-state index < -0.39 is 24.0 Å². The molecule has 0 radical (unpaired) electrons. The van der Waals surface area contributed by atoms with Crippen molar-refractivity contribution in [3.05, 3.63) is 112 Å². The Morgan fingerprint density at radius 1 is 0.698 bits per heavy atom. The maximum absolute atomic E-state index is 12.8. The van der Waals surface area contributed by atoms with Crippen molar-refractivity contribution < 1.29 is 19.8 Å². The zero-order valence-electron chi connectivity index (χ0n) is 26.3. The van der Waals surface area contributed by atoms with E-state index in [0.717, 1.165) is 0 Å². The van der Waals surface area contributed by atoms with Crippen molar-refractivity contribution in [2.24, 2.45) is 0 Å². The molecule has 0 saturated carbocycles. The lowest BCUT2D eigenvalue weighted by Gasteiger charge is -2.16. The minimum atomic E-state index is -1.01. The minimum absolute atomic E-state index is 0. The first-order valence-corrected chi connectivity index (χ1v) is 17.7. The molecule has 0 bridgehead atoms. The molecule has 0 fully saturated rings. The third-order valence-corrected chi connectivity index (χ3v) is 10.9. The number of tetrazole rings is 2. The Labute approximate surface area is 325 Å². The maximum atomic E-state index is 12.8. The van der Waals surface area contributed by atoms with Gasteiger partial charge in [-0.05, 0) is 121 Å². The van der Waals surface area contributed by atoms with E-state index in [2.05, 4.69) is 62.9 Å². The van der Waals surface area contributed by atoms with Gasteiger partial charge in [-0.3, -0.25) is 18.7 Å². The van der Waals surface area contributed by atoms with Crippen molar-refractivity contribution in [3.63, 3.8) is 0 Å². The first kappa shape index (κ1) is 37.7. The molecular formula is C33H26Br2Cl2N10O6. The van der Waals surface area contributed by atoms with E-state index >= 15 is 0 Å². The third kappa shape index (κ3) is 6.94. The number of aromatic nitrogens is 10. The van der Waals surface area contributed by atoms with Crippen molar-refractivity contribution in [3.8, 4) is 33.6 Å². The Balaban J connectivity index is 0.000000178. The monoisotopic (exact) mass is 886 g/mol. The van der Waals surface area contributed by atoms with Crippen LogP contribution in [0.5, 0.6) is 0 Å². The van der Waals surface area contributed by atoms with Crippen molar-refractivity contribution in [2.75, 3.05) is 0 Å². The van der Waals surface area contributed by atoms with Crippen LogP contribution in [-0.4, -0.2) is 71.7 Å². The zero-order chi connectivity index (χ0) is 36.8. The molecule has 0 saturated heterocycles. The number of halogens is 4. The molecule has 272 valence electrons. The first-order chi connectivity index (χ1) is 24.9. The quantitative estimate of drug-likeness (QED) is 0.210. The molecule has 6 heterocycles. The van der Waals surface area contributed by atoms with Crippen molar-refractivity contribution >= 4 is 67.0 Å². The number of nitrogens with zero attached hydrogens (tertiary/aromatic N) is 10. The summed E-state index contributed by atoms with van der Waals surface area (Å²) in [5.41, 5.74) is 4.42. The molecule has 2 aliphatic rings. The molecule has 6 aromatic rings. The van der Waals surface area contributed by atoms with E-state index in [4.69, 9.17) is 23.2 Å². The number of benzene rings is 2. The van der Waals surface area contributed by atoms with Crippen LogP contribution in [-0.2, 0) is 22.4 Å². The first-order valence-electron chi connectivity index (χ1n) is 15.3. The number of hydrogen-bond donors (Lipinski definition) is 2. The number of carboxylic acids is 2. The fourth-order valence-corrected chi connectivity index (χ4v) is 8.06. The number of hydrogen-bond acceptors (Lipinski definition) is 10. The Hall–Kier alpha value is -5.04. The lowest BCUT2D eigenvalue weighted by Crippen LogP contribution is -2.28. The highest BCUT2D eigenvalue weighted by atomic mass is 79.9. The van der Waals surface area contributed by atoms with Gasteiger partial charge < -0.3 is 10.2 Å². The average molecular weight is 889 g/mol. The lowest BCUT2D eigenvalue weighted by atomic mass is 10.0. The Morgan fingerprint density at radius 2 is 1.21 bits per heavy atom. The van der Waals surface area contributed by atoms with Gasteiger partial charge in [0.05, 0.1) is 15.8 Å². The molecule has 2 N–H and O–H groups in total. The van der Waals surface area contributed by atoms with E-state index in [1.165, 1.54) is 37.2 Å². The minimum Gasteiger partial charge on any atom is -0.480 e. The SMILES string of the molecule is C.O=C(O)[C@@H]1CCc2c(Br)c(-c3cc(Cl)ccc3-n3cnnn3)cc(=O)n21.O=C(O)[C@@H]1CCc2cc(-c3cc(Cl)ccc3-n3cnnn3)c(Br)c(=O)n21. The predicted octanol–water partition coefficient (Wildman–Crippen LogP) is 5.59. The molecule has 0 amide bonds. The van der Waals surface area contributed by atoms with Crippen LogP contribution in [0.15, 0.2) is 79.7 Å². The van der Waals surface area contributed by atoms with Crippen molar-refractivity contribution in [2.45, 2.75) is 45.2 Å². The standard InChI is InChI=1S/2C16H11BrClN5O3.CH4/c17-14-11(6-9-2-4-13(16(25)26)23(9)15(14)24)10-5-8(18)1-3-12(10)22-7-19-20-21-22;17-15-10(6-14(24)23-12(15)3-4-13(23)16(25)26)9-5-8(18)1-2-11(9)22-7-19-20-21-22;/h1,3,5-7,13H,2,4H2,(H,25,26);1-2,5-7,13H,3-4H2,(H,25,26);1H4/t2*13-;/m00./s1. The summed E-state index contributed by atoms with van der Waals surface area (Å²) in [6.07, 6.45) is 4.65. The summed E-state index contributed by atoms with van der Waals surface area (Å²) in [6.45, 7) is 0. The zero-order valence-corrected chi connectivity index (χ0v) is 31.0. The average Bonchev–Trinajstić information content (AvgIpc) is 3.95. The van der Waals surface area contributed by atoms with E-state index in [0.29, 0.717) is 85.2 Å². The van der Waals surface area contributed by atoms with Gasteiger partial charge in [0.2, 0.25) is 0 Å². The second-order valence-electron chi connectivity index (χ2n) is 11.7. The van der Waals surface area contributed by atoms with Crippen LogP contribution in [0.3, 0.4) is 0 Å². The summed E-state index contributed by atoms with van der Waals surface area (Å²) in [5.74, 6) is -2.02. The van der Waals surface area contributed by atoms with Gasteiger partial charge in [0, 0.05) is 54.2 Å². The van der Waals surface area contributed by atoms with Gasteiger partial charge in [-0.25, -0.2) is 9.59 Å². The molecular weight excluding hydrogens is 863 g/mol. The molecule has 0 aliphatic carbocycles. The fraction of sp³-hybridized carbons (Fsp3) is 0.212. The number of rotatable bonds is 6. The largest absolute Gasteiger partial charge is 0.480 e. The molecule has 53 heavy (non-hydrogen) atoms. The van der Waals surface area contributed by atoms with Crippen LogP contribution in [0, 0.1) is 0 Å². The summed E-state index contributed by atoms with van der Waals surface area (Å²) in [4.78, 5) is 48.3. The summed E-state index contributed by atoms with van der Waals surface area (Å²) < 4.78 is 6.55. The number of aryl methyl sites for hydroxylation is 1. The number of aliphatic carboxylic acids is 2. The summed E-state index contributed by atoms with van der Waals surface area (Å²) in [5, 5.41) is 42.0. The highest BCUT2D eigenvalue weighted by molar-refractivity contribution is 9.11. The molecule has 2 atom stereocenters. The van der Waals surface area contributed by atoms with Crippen LogP contribution in [0.4, 0.5) is 0 Å². The van der Waals surface area contributed by atoms with Crippen LogP contribution in [0.2, 0.25) is 10.0 Å². The van der Waals surface area contributed by atoms with E-state index in [-0.39, 0.29) is 23.0 Å². The smallest absolute Gasteiger partial charge is 0.326 e. The number of carboxylic acid groups (broad SMARTS) is 2. The number of pyridine rings is 2. The predicted molar refractivity (Wildman–Crippen MR) is 200 cm³/mol. The van der Waals surface area contributed by atoms with Crippen LogP contribution >= 0.6 is 55.1 Å². The summed E-state index contributed by atoms with van der Waals surface area (Å²) >= 11 is 19.2. The molecule has 2 aliphatic heterocycles. The second kappa shape index (κ2) is 15.1. The van der Waals surface area contributed by atoms with Gasteiger partial charge in [0.25, 0.3) is 11.1 Å². The lowest BCUT2D eigenvalue weighted by molar-refractivity contribution is -0.141. The van der Waals surface area contributed by atoms with Gasteiger partial charge in [0.1, 0.15) is 24.7 Å².